The molecule has 0 amide bonds. The highest BCUT2D eigenvalue weighted by atomic mass is 32.3. The summed E-state index contributed by atoms with van der Waals surface area (Å²) in [7, 11) is 0.109. The highest BCUT2D eigenvalue weighted by Crippen LogP contribution is 2.99. The standard InChI is InChI=1S/C8H14S/c1-8(2)4-3-6-7-5-9(6,7)8/h6-7H,3-5H2,1-2H3. The van der Waals surface area contributed by atoms with Gasteiger partial charge in [-0.25, -0.2) is 10.0 Å². The Kier molecular flexibility index (Phi) is 0.556. The summed E-state index contributed by atoms with van der Waals surface area (Å²) in [5.41, 5.74) is 0. The van der Waals surface area contributed by atoms with Crippen LogP contribution in [0.5, 0.6) is 0 Å². The number of rotatable bonds is 0. The van der Waals surface area contributed by atoms with E-state index in [1.165, 1.54) is 10.5 Å². The van der Waals surface area contributed by atoms with E-state index >= 15 is 0 Å². The van der Waals surface area contributed by atoms with Gasteiger partial charge in [0.15, 0.2) is 0 Å². The normalized spacial score (nSPS) is 71.8. The SMILES string of the molecule is CC1(C)CCC2C3CS231. The van der Waals surface area contributed by atoms with Gasteiger partial charge in [-0.3, -0.25) is 0 Å². The first-order valence-electron chi connectivity index (χ1n) is 3.97. The van der Waals surface area contributed by atoms with Gasteiger partial charge in [-0.15, -0.1) is 0 Å². The fourth-order valence-electron chi connectivity index (χ4n) is 2.94. The minimum Gasteiger partial charge on any atom is -0.226 e. The van der Waals surface area contributed by atoms with Crippen molar-refractivity contribution >= 4 is 10.0 Å². The predicted molar refractivity (Wildman–Crippen MR) is 43.3 cm³/mol. The third-order valence-electron chi connectivity index (χ3n) is 3.80. The minimum atomic E-state index is 0.109. The molecule has 0 nitrogen and oxygen atoms in total. The van der Waals surface area contributed by atoms with Crippen LogP contribution in [0.1, 0.15) is 26.7 Å². The molecule has 0 aromatic heterocycles. The Bertz CT molecular complexity index is 185. The molecule has 0 bridgehead atoms. The summed E-state index contributed by atoms with van der Waals surface area (Å²) in [5.74, 6) is 1.67. The van der Waals surface area contributed by atoms with Crippen LogP contribution in [0.3, 0.4) is 0 Å². The molecular formula is C8H14S. The first kappa shape index (κ1) is 5.06. The Labute approximate surface area is 58.3 Å². The van der Waals surface area contributed by atoms with Crippen molar-refractivity contribution < 1.29 is 0 Å². The van der Waals surface area contributed by atoms with Crippen LogP contribution in [0.4, 0.5) is 0 Å². The molecule has 0 radical (unpaired) electrons. The molecule has 3 aliphatic rings. The highest BCUT2D eigenvalue weighted by molar-refractivity contribution is 8.48. The Morgan fingerprint density at radius 2 is 2.11 bits per heavy atom. The highest BCUT2D eigenvalue weighted by Gasteiger charge is 2.81. The lowest BCUT2D eigenvalue weighted by Crippen LogP contribution is -2.12. The van der Waals surface area contributed by atoms with E-state index in [9.17, 15) is 0 Å². The average molecular weight is 142 g/mol. The molecule has 0 aliphatic carbocycles. The van der Waals surface area contributed by atoms with Gasteiger partial charge in [0.2, 0.25) is 0 Å². The van der Waals surface area contributed by atoms with Gasteiger partial charge < -0.3 is 0 Å². The Balaban J connectivity index is 2.06. The molecule has 1 heteroatoms. The van der Waals surface area contributed by atoms with Gasteiger partial charge in [-0.2, -0.15) is 0 Å². The maximum Gasteiger partial charge on any atom is 0.00777 e. The summed E-state index contributed by atoms with van der Waals surface area (Å²) < 4.78 is 0.822. The van der Waals surface area contributed by atoms with Crippen molar-refractivity contribution in [3.63, 3.8) is 0 Å². The van der Waals surface area contributed by atoms with Gasteiger partial charge in [-0.05, 0) is 23.3 Å². The molecule has 1 spiro atoms. The van der Waals surface area contributed by atoms with Gasteiger partial charge in [0.25, 0.3) is 0 Å². The largest absolute Gasteiger partial charge is 0.226 e. The van der Waals surface area contributed by atoms with Crippen LogP contribution in [0.15, 0.2) is 0 Å². The summed E-state index contributed by atoms with van der Waals surface area (Å²) in [5, 5.41) is 2.58. The van der Waals surface area contributed by atoms with E-state index < -0.39 is 0 Å². The second-order valence-electron chi connectivity index (χ2n) is 4.39. The molecule has 52 valence electrons. The van der Waals surface area contributed by atoms with E-state index in [1.54, 1.807) is 18.6 Å². The van der Waals surface area contributed by atoms with Crippen molar-refractivity contribution in [3.8, 4) is 0 Å². The summed E-state index contributed by atoms with van der Waals surface area (Å²) >= 11 is 0. The number of fused-ring (bicyclic) bond motifs is 1. The maximum atomic E-state index is 2.51. The van der Waals surface area contributed by atoms with Gasteiger partial charge in [0, 0.05) is 10.5 Å². The Morgan fingerprint density at radius 1 is 1.33 bits per heavy atom. The first-order valence-corrected chi connectivity index (χ1v) is 5.90. The first-order chi connectivity index (χ1) is 4.18. The molecular weight excluding hydrogens is 128 g/mol. The molecule has 0 N–H and O–H groups in total. The fraction of sp³-hybridized carbons (Fsp3) is 1.00. The smallest absolute Gasteiger partial charge is 0.00777 e. The van der Waals surface area contributed by atoms with Gasteiger partial charge >= 0.3 is 0 Å². The lowest BCUT2D eigenvalue weighted by atomic mass is 10.1. The zero-order chi connectivity index (χ0) is 6.28. The van der Waals surface area contributed by atoms with Crippen LogP contribution in [-0.4, -0.2) is 21.0 Å². The van der Waals surface area contributed by atoms with E-state index in [0.29, 0.717) is 0 Å². The van der Waals surface area contributed by atoms with E-state index in [1.807, 2.05) is 0 Å². The zero-order valence-corrected chi connectivity index (χ0v) is 7.00. The molecule has 3 heterocycles. The van der Waals surface area contributed by atoms with Crippen LogP contribution in [0.25, 0.3) is 0 Å². The molecule has 0 saturated carbocycles. The van der Waals surface area contributed by atoms with Crippen LogP contribution in [0, 0.1) is 0 Å². The molecule has 3 fully saturated rings. The van der Waals surface area contributed by atoms with Gasteiger partial charge in [0.05, 0.1) is 0 Å². The van der Waals surface area contributed by atoms with Crippen molar-refractivity contribution in [2.75, 3.05) is 5.75 Å². The molecule has 0 aromatic rings. The van der Waals surface area contributed by atoms with E-state index in [0.717, 1.165) is 4.75 Å². The van der Waals surface area contributed by atoms with Crippen LogP contribution in [0.2, 0.25) is 0 Å². The van der Waals surface area contributed by atoms with E-state index in [2.05, 4.69) is 13.8 Å². The predicted octanol–water partition coefficient (Wildman–Crippen LogP) is 2.13. The second kappa shape index (κ2) is 0.990. The Hall–Kier alpha value is 0.350. The summed E-state index contributed by atoms with van der Waals surface area (Å²) in [6.45, 7) is 5.02. The third-order valence-corrected chi connectivity index (χ3v) is 9.45. The maximum absolute atomic E-state index is 2.51. The zero-order valence-electron chi connectivity index (χ0n) is 6.18. The van der Waals surface area contributed by atoms with E-state index in [-0.39, 0.29) is 10.0 Å². The quantitative estimate of drug-likeness (QED) is 0.454. The van der Waals surface area contributed by atoms with Gasteiger partial charge in [-0.1, -0.05) is 13.8 Å². The molecule has 3 rings (SSSR count). The molecule has 3 aliphatic heterocycles. The van der Waals surface area contributed by atoms with Crippen molar-refractivity contribution in [3.05, 3.63) is 0 Å². The second-order valence-corrected chi connectivity index (χ2v) is 8.74. The summed E-state index contributed by atoms with van der Waals surface area (Å²) in [4.78, 5) is 0. The molecule has 9 heavy (non-hydrogen) atoms. The topological polar surface area (TPSA) is 0 Å². The lowest BCUT2D eigenvalue weighted by molar-refractivity contribution is 0.631. The van der Waals surface area contributed by atoms with Crippen LogP contribution >= 0.6 is 10.0 Å². The van der Waals surface area contributed by atoms with Crippen molar-refractivity contribution in [1.29, 1.82) is 0 Å². The van der Waals surface area contributed by atoms with Crippen molar-refractivity contribution in [1.82, 2.24) is 0 Å². The minimum absolute atomic E-state index is 0.109. The van der Waals surface area contributed by atoms with Crippen LogP contribution in [-0.2, 0) is 0 Å². The summed E-state index contributed by atoms with van der Waals surface area (Å²) in [6, 6.07) is 0. The lowest BCUT2D eigenvalue weighted by Gasteiger charge is -2.25. The van der Waals surface area contributed by atoms with Crippen molar-refractivity contribution in [2.45, 2.75) is 41.9 Å². The Morgan fingerprint density at radius 3 is 2.33 bits per heavy atom. The van der Waals surface area contributed by atoms with E-state index in [4.69, 9.17) is 0 Å². The third kappa shape index (κ3) is 0.322. The van der Waals surface area contributed by atoms with Crippen molar-refractivity contribution in [2.24, 2.45) is 0 Å². The fourth-order valence-corrected chi connectivity index (χ4v) is 8.69. The molecule has 3 atom stereocenters. The van der Waals surface area contributed by atoms with Crippen LogP contribution < -0.4 is 0 Å². The molecule has 0 aromatic carbocycles. The monoisotopic (exact) mass is 142 g/mol. The molecule has 3 saturated heterocycles. The number of hydrogen-bond acceptors (Lipinski definition) is 0. The number of hydrogen-bond donors (Lipinski definition) is 0. The summed E-state index contributed by atoms with van der Waals surface area (Å²) in [6.07, 6.45) is 3.14. The molecule has 3 unspecified atom stereocenters. The average Bonchev–Trinajstić information content (AvgIpc) is 2.42. The van der Waals surface area contributed by atoms with Gasteiger partial charge in [0.1, 0.15) is 0 Å².